The van der Waals surface area contributed by atoms with Crippen molar-refractivity contribution in [2.24, 2.45) is 0 Å². The highest BCUT2D eigenvalue weighted by molar-refractivity contribution is 8.15. The predicted molar refractivity (Wildman–Crippen MR) is 198 cm³/mol. The summed E-state index contributed by atoms with van der Waals surface area (Å²) in [6, 6.07) is 22.1. The molecular weight excluding hydrogens is 705 g/mol. The lowest BCUT2D eigenvalue weighted by Crippen LogP contribution is -2.25. The monoisotopic (exact) mass is 744 g/mol. The molecule has 272 valence electrons. The molecule has 4 amide bonds. The number of carbonyl (C=O) groups excluding carboxylic acids is 4. The SMILES string of the molecule is CCc1ccc([C@H](O)COc2ccc(C[C@@H]3SC(=O)NC3=O)cc2)nc1.CCc1ccc([C@H](O)COc2ccc(C[C@H]3SC(=O)NC3=O)cc2)nc1. The molecule has 2 aromatic heterocycles. The van der Waals surface area contributed by atoms with Crippen LogP contribution in [0.15, 0.2) is 85.2 Å². The van der Waals surface area contributed by atoms with Crippen molar-refractivity contribution in [2.45, 2.75) is 62.2 Å². The van der Waals surface area contributed by atoms with E-state index in [1.807, 2.05) is 48.5 Å². The van der Waals surface area contributed by atoms with Crippen LogP contribution in [0.5, 0.6) is 11.5 Å². The molecular formula is C38H40N4O8S2. The Kier molecular flexibility index (Phi) is 13.8. The van der Waals surface area contributed by atoms with Gasteiger partial charge in [-0.2, -0.15) is 0 Å². The number of ether oxygens (including phenoxy) is 2. The second-order valence-corrected chi connectivity index (χ2v) is 14.4. The molecule has 14 heteroatoms. The molecule has 0 radical (unpaired) electrons. The maximum atomic E-state index is 11.6. The van der Waals surface area contributed by atoms with Crippen molar-refractivity contribution in [3.05, 3.63) is 119 Å². The van der Waals surface area contributed by atoms with Gasteiger partial charge in [-0.25, -0.2) is 0 Å². The summed E-state index contributed by atoms with van der Waals surface area (Å²) in [6.45, 7) is 4.31. The fourth-order valence-corrected chi connectivity index (χ4v) is 6.85. The van der Waals surface area contributed by atoms with Gasteiger partial charge in [-0.1, -0.05) is 73.8 Å². The molecule has 52 heavy (non-hydrogen) atoms. The Labute approximate surface area is 310 Å². The van der Waals surface area contributed by atoms with Crippen LogP contribution in [0, 0.1) is 0 Å². The van der Waals surface area contributed by atoms with Crippen LogP contribution in [-0.4, -0.2) is 66.2 Å². The van der Waals surface area contributed by atoms with Gasteiger partial charge in [0.1, 0.15) is 36.9 Å². The summed E-state index contributed by atoms with van der Waals surface area (Å²) in [7, 11) is 0. The van der Waals surface area contributed by atoms with E-state index in [4.69, 9.17) is 9.47 Å². The van der Waals surface area contributed by atoms with Gasteiger partial charge in [0, 0.05) is 12.4 Å². The molecule has 12 nitrogen and oxygen atoms in total. The number of aromatic nitrogens is 2. The molecule has 0 saturated carbocycles. The van der Waals surface area contributed by atoms with E-state index in [0.717, 1.165) is 58.6 Å². The minimum Gasteiger partial charge on any atom is -0.490 e. The number of aliphatic hydroxyl groups is 2. The lowest BCUT2D eigenvalue weighted by Gasteiger charge is -2.13. The van der Waals surface area contributed by atoms with Crippen LogP contribution in [0.3, 0.4) is 0 Å². The molecule has 2 saturated heterocycles. The van der Waals surface area contributed by atoms with Crippen molar-refractivity contribution < 1.29 is 38.9 Å². The van der Waals surface area contributed by atoms with Crippen LogP contribution in [0.4, 0.5) is 9.59 Å². The second kappa shape index (κ2) is 18.6. The number of hydrogen-bond donors (Lipinski definition) is 4. The van der Waals surface area contributed by atoms with Gasteiger partial charge in [0.25, 0.3) is 10.5 Å². The Hall–Kier alpha value is -4.76. The number of rotatable bonds is 14. The predicted octanol–water partition coefficient (Wildman–Crippen LogP) is 5.30. The third-order valence-corrected chi connectivity index (χ3v) is 10.2. The maximum absolute atomic E-state index is 11.6. The Morgan fingerprint density at radius 2 is 0.962 bits per heavy atom. The molecule has 6 rings (SSSR count). The number of nitrogens with one attached hydrogen (secondary N) is 2. The van der Waals surface area contributed by atoms with E-state index in [1.165, 1.54) is 0 Å². The number of thioether (sulfide) groups is 2. The van der Waals surface area contributed by atoms with Gasteiger partial charge in [-0.05, 0) is 84.3 Å². The van der Waals surface area contributed by atoms with Gasteiger partial charge >= 0.3 is 0 Å². The molecule has 4 heterocycles. The average molecular weight is 745 g/mol. The molecule has 4 aromatic rings. The van der Waals surface area contributed by atoms with Crippen molar-refractivity contribution in [3.8, 4) is 11.5 Å². The molecule has 2 fully saturated rings. The van der Waals surface area contributed by atoms with E-state index in [1.54, 1.807) is 36.7 Å². The number of imide groups is 2. The van der Waals surface area contributed by atoms with Crippen LogP contribution in [0.2, 0.25) is 0 Å². The maximum Gasteiger partial charge on any atom is 0.286 e. The fraction of sp³-hybridized carbons (Fsp3) is 0.316. The largest absolute Gasteiger partial charge is 0.490 e. The van der Waals surface area contributed by atoms with Gasteiger partial charge in [0.05, 0.1) is 21.9 Å². The summed E-state index contributed by atoms with van der Waals surface area (Å²) in [5.74, 6) is 0.755. The van der Waals surface area contributed by atoms with Gasteiger partial charge in [0.15, 0.2) is 0 Å². The highest BCUT2D eigenvalue weighted by Crippen LogP contribution is 2.26. The van der Waals surface area contributed by atoms with Crippen molar-refractivity contribution in [3.63, 3.8) is 0 Å². The van der Waals surface area contributed by atoms with E-state index in [9.17, 15) is 29.4 Å². The summed E-state index contributed by atoms with van der Waals surface area (Å²) < 4.78 is 11.2. The number of hydrogen-bond acceptors (Lipinski definition) is 12. The smallest absolute Gasteiger partial charge is 0.286 e. The Balaban J connectivity index is 0.000000201. The van der Waals surface area contributed by atoms with Crippen LogP contribution >= 0.6 is 23.5 Å². The number of nitrogens with zero attached hydrogens (tertiary/aromatic N) is 2. The normalized spacial score (nSPS) is 17.8. The minimum absolute atomic E-state index is 0.104. The molecule has 4 N–H and O–H groups in total. The van der Waals surface area contributed by atoms with Gasteiger partial charge < -0.3 is 19.7 Å². The molecule has 2 aliphatic heterocycles. The highest BCUT2D eigenvalue weighted by Gasteiger charge is 2.32. The zero-order valence-corrected chi connectivity index (χ0v) is 30.3. The summed E-state index contributed by atoms with van der Waals surface area (Å²) in [4.78, 5) is 54.1. The number of aryl methyl sites for hydroxylation is 2. The Bertz CT molecular complexity index is 1690. The van der Waals surface area contributed by atoms with Crippen LogP contribution < -0.4 is 20.1 Å². The van der Waals surface area contributed by atoms with Gasteiger partial charge in [-0.3, -0.25) is 39.8 Å². The van der Waals surface area contributed by atoms with Crippen LogP contribution in [0.25, 0.3) is 0 Å². The number of pyridine rings is 2. The molecule has 0 unspecified atom stereocenters. The van der Waals surface area contributed by atoms with E-state index in [0.29, 0.717) is 35.7 Å². The first-order valence-electron chi connectivity index (χ1n) is 16.8. The van der Waals surface area contributed by atoms with Gasteiger partial charge in [-0.15, -0.1) is 0 Å². The number of carbonyl (C=O) groups is 4. The minimum atomic E-state index is -0.801. The standard InChI is InChI=1S/2C19H20N2O4S/c2*1-2-12-5-8-15(20-10-12)16(22)11-25-14-6-3-13(4-7-14)9-17-18(23)21-19(24)26-17/h2*3-8,10,16-17,22H,2,9,11H2,1H3,(H,21,23,24)/t16-,17+;16-,17-/m11/s1. The lowest BCUT2D eigenvalue weighted by atomic mass is 10.1. The second-order valence-electron chi connectivity index (χ2n) is 12.0. The van der Waals surface area contributed by atoms with Crippen LogP contribution in [-0.2, 0) is 35.3 Å². The fourth-order valence-electron chi connectivity index (χ4n) is 5.13. The Morgan fingerprint density at radius 3 is 1.25 bits per heavy atom. The zero-order chi connectivity index (χ0) is 37.0. The molecule has 0 bridgehead atoms. The van der Waals surface area contributed by atoms with E-state index in [-0.39, 0.29) is 46.0 Å². The molecule has 4 atom stereocenters. The van der Waals surface area contributed by atoms with Crippen molar-refractivity contribution >= 4 is 45.8 Å². The zero-order valence-electron chi connectivity index (χ0n) is 28.7. The number of amides is 4. The summed E-state index contributed by atoms with van der Waals surface area (Å²) >= 11 is 2.03. The topological polar surface area (TPSA) is 177 Å². The first kappa shape index (κ1) is 38.5. The van der Waals surface area contributed by atoms with Crippen LogP contribution in [0.1, 0.15) is 59.7 Å². The first-order chi connectivity index (χ1) is 25.1. The molecule has 0 aliphatic carbocycles. The first-order valence-corrected chi connectivity index (χ1v) is 18.6. The average Bonchev–Trinajstić information content (AvgIpc) is 3.66. The van der Waals surface area contributed by atoms with E-state index in [2.05, 4.69) is 34.4 Å². The quantitative estimate of drug-likeness (QED) is 0.131. The van der Waals surface area contributed by atoms with Crippen molar-refractivity contribution in [1.82, 2.24) is 20.6 Å². The molecule has 0 spiro atoms. The molecule has 2 aliphatic rings. The summed E-state index contributed by atoms with van der Waals surface area (Å²) in [5.41, 5.74) is 5.27. The van der Waals surface area contributed by atoms with E-state index < -0.39 is 12.2 Å². The number of aliphatic hydroxyl groups excluding tert-OH is 2. The van der Waals surface area contributed by atoms with Crippen molar-refractivity contribution in [2.75, 3.05) is 13.2 Å². The molecule has 2 aromatic carbocycles. The Morgan fingerprint density at radius 1 is 0.596 bits per heavy atom. The lowest BCUT2D eigenvalue weighted by molar-refractivity contribution is -0.119. The van der Waals surface area contributed by atoms with Crippen molar-refractivity contribution in [1.29, 1.82) is 0 Å². The number of benzene rings is 2. The highest BCUT2D eigenvalue weighted by atomic mass is 32.2. The third kappa shape index (κ3) is 11.1. The summed E-state index contributed by atoms with van der Waals surface area (Å²) in [6.07, 6.45) is 4.70. The summed E-state index contributed by atoms with van der Waals surface area (Å²) in [5, 5.41) is 23.6. The third-order valence-electron chi connectivity index (χ3n) is 8.23. The van der Waals surface area contributed by atoms with E-state index >= 15 is 0 Å². The van der Waals surface area contributed by atoms with Gasteiger partial charge in [0.2, 0.25) is 11.8 Å².